The standard InChI is InChI=1S/C15H18N2O4/c1-4-21-11-7-5-10(6-8-11)13-12(14(18)20-3)9(2)16-15(19)17-13/h5-8,13H,4H2,1-3H3,(H2,16,17,19)/t13-/m1/s1. The normalized spacial score (nSPS) is 17.9. The predicted octanol–water partition coefficient (Wildman–Crippen LogP) is 1.89. The first-order valence-electron chi connectivity index (χ1n) is 6.66. The number of methoxy groups -OCH3 is 1. The number of amides is 2. The Hall–Kier alpha value is -2.50. The average Bonchev–Trinajstić information content (AvgIpc) is 2.47. The highest BCUT2D eigenvalue weighted by molar-refractivity contribution is 5.94. The van der Waals surface area contributed by atoms with Crippen molar-refractivity contribution in [2.75, 3.05) is 13.7 Å². The van der Waals surface area contributed by atoms with Crippen LogP contribution in [0.25, 0.3) is 0 Å². The molecule has 0 saturated heterocycles. The van der Waals surface area contributed by atoms with Gasteiger partial charge in [0.25, 0.3) is 0 Å². The number of allylic oxidation sites excluding steroid dienone is 1. The second-order valence-electron chi connectivity index (χ2n) is 4.56. The first-order valence-corrected chi connectivity index (χ1v) is 6.66. The molecule has 1 aromatic carbocycles. The summed E-state index contributed by atoms with van der Waals surface area (Å²) < 4.78 is 10.2. The quantitative estimate of drug-likeness (QED) is 0.830. The van der Waals surface area contributed by atoms with Crippen LogP contribution >= 0.6 is 0 Å². The Bertz CT molecular complexity index is 578. The number of carbonyl (C=O) groups excluding carboxylic acids is 2. The van der Waals surface area contributed by atoms with Crippen molar-refractivity contribution < 1.29 is 19.1 Å². The highest BCUT2D eigenvalue weighted by atomic mass is 16.5. The van der Waals surface area contributed by atoms with Crippen molar-refractivity contribution >= 4 is 12.0 Å². The van der Waals surface area contributed by atoms with Crippen LogP contribution in [0.1, 0.15) is 25.5 Å². The van der Waals surface area contributed by atoms with Gasteiger partial charge in [0.1, 0.15) is 5.75 Å². The van der Waals surface area contributed by atoms with Crippen LogP contribution in [0.15, 0.2) is 35.5 Å². The van der Waals surface area contributed by atoms with E-state index in [1.165, 1.54) is 7.11 Å². The van der Waals surface area contributed by atoms with Gasteiger partial charge in [-0.05, 0) is 31.5 Å². The first kappa shape index (κ1) is 14.9. The van der Waals surface area contributed by atoms with Crippen LogP contribution in [0.5, 0.6) is 5.75 Å². The van der Waals surface area contributed by atoms with E-state index in [4.69, 9.17) is 9.47 Å². The van der Waals surface area contributed by atoms with E-state index in [2.05, 4.69) is 10.6 Å². The summed E-state index contributed by atoms with van der Waals surface area (Å²) in [6.07, 6.45) is 0. The van der Waals surface area contributed by atoms with Gasteiger partial charge in [0.2, 0.25) is 0 Å². The highest BCUT2D eigenvalue weighted by Crippen LogP contribution is 2.28. The van der Waals surface area contributed by atoms with Gasteiger partial charge in [0.15, 0.2) is 0 Å². The molecular weight excluding hydrogens is 272 g/mol. The minimum absolute atomic E-state index is 0.348. The second kappa shape index (κ2) is 6.30. The molecule has 0 saturated carbocycles. The zero-order valence-electron chi connectivity index (χ0n) is 12.2. The van der Waals surface area contributed by atoms with Crippen LogP contribution in [0.2, 0.25) is 0 Å². The fourth-order valence-electron chi connectivity index (χ4n) is 2.25. The van der Waals surface area contributed by atoms with Gasteiger partial charge < -0.3 is 20.1 Å². The molecule has 2 amide bonds. The Morgan fingerprint density at radius 1 is 1.29 bits per heavy atom. The van der Waals surface area contributed by atoms with Crippen molar-refractivity contribution in [1.29, 1.82) is 0 Å². The largest absolute Gasteiger partial charge is 0.494 e. The van der Waals surface area contributed by atoms with Gasteiger partial charge in [-0.3, -0.25) is 0 Å². The van der Waals surface area contributed by atoms with Gasteiger partial charge in [-0.25, -0.2) is 9.59 Å². The van der Waals surface area contributed by atoms with E-state index in [-0.39, 0.29) is 6.03 Å². The van der Waals surface area contributed by atoms with E-state index in [1.54, 1.807) is 19.1 Å². The lowest BCUT2D eigenvalue weighted by Crippen LogP contribution is -2.45. The summed E-state index contributed by atoms with van der Waals surface area (Å²) >= 11 is 0. The van der Waals surface area contributed by atoms with Crippen LogP contribution in [-0.2, 0) is 9.53 Å². The molecule has 1 heterocycles. The van der Waals surface area contributed by atoms with Gasteiger partial charge >= 0.3 is 12.0 Å². The Labute approximate surface area is 123 Å². The van der Waals surface area contributed by atoms with Crippen LogP contribution in [0.4, 0.5) is 4.79 Å². The molecule has 0 bridgehead atoms. The topological polar surface area (TPSA) is 76.7 Å². The number of esters is 1. The second-order valence-corrected chi connectivity index (χ2v) is 4.56. The van der Waals surface area contributed by atoms with E-state index in [0.29, 0.717) is 17.9 Å². The maximum atomic E-state index is 11.9. The number of rotatable bonds is 4. The summed E-state index contributed by atoms with van der Waals surface area (Å²) in [5.74, 6) is 0.265. The molecule has 0 radical (unpaired) electrons. The lowest BCUT2D eigenvalue weighted by Gasteiger charge is -2.27. The molecule has 2 N–H and O–H groups in total. The summed E-state index contributed by atoms with van der Waals surface area (Å²) in [6, 6.07) is 6.35. The molecule has 2 rings (SSSR count). The number of hydrogen-bond acceptors (Lipinski definition) is 4. The molecule has 112 valence electrons. The van der Waals surface area contributed by atoms with Gasteiger partial charge in [-0.1, -0.05) is 12.1 Å². The number of urea groups is 1. The molecule has 0 fully saturated rings. The maximum absolute atomic E-state index is 11.9. The van der Waals surface area contributed by atoms with Crippen molar-refractivity contribution in [2.24, 2.45) is 0 Å². The number of benzene rings is 1. The number of hydrogen-bond donors (Lipinski definition) is 2. The third-order valence-electron chi connectivity index (χ3n) is 3.20. The monoisotopic (exact) mass is 290 g/mol. The predicted molar refractivity (Wildman–Crippen MR) is 76.7 cm³/mol. The van der Waals surface area contributed by atoms with Gasteiger partial charge in [0.05, 0.1) is 25.3 Å². The highest BCUT2D eigenvalue weighted by Gasteiger charge is 2.31. The van der Waals surface area contributed by atoms with Gasteiger partial charge in [0, 0.05) is 5.70 Å². The third kappa shape index (κ3) is 3.16. The minimum Gasteiger partial charge on any atom is -0.494 e. The Balaban J connectivity index is 2.36. The summed E-state index contributed by atoms with van der Waals surface area (Å²) in [7, 11) is 1.31. The summed E-state index contributed by atoms with van der Waals surface area (Å²) in [5.41, 5.74) is 1.67. The fourth-order valence-corrected chi connectivity index (χ4v) is 2.25. The fraction of sp³-hybridized carbons (Fsp3) is 0.333. The minimum atomic E-state index is -0.540. The van der Waals surface area contributed by atoms with Crippen molar-refractivity contribution in [3.05, 3.63) is 41.1 Å². The molecule has 0 spiro atoms. The molecule has 0 unspecified atom stereocenters. The van der Waals surface area contributed by atoms with Crippen LogP contribution in [0, 0.1) is 0 Å². The van der Waals surface area contributed by atoms with E-state index in [0.717, 1.165) is 11.3 Å². The van der Waals surface area contributed by atoms with E-state index in [1.807, 2.05) is 19.1 Å². The average molecular weight is 290 g/mol. The van der Waals surface area contributed by atoms with Crippen molar-refractivity contribution in [3.8, 4) is 5.75 Å². The SMILES string of the molecule is CCOc1ccc([C@H]2NC(=O)NC(C)=C2C(=O)OC)cc1. The summed E-state index contributed by atoms with van der Waals surface area (Å²) in [6.45, 7) is 4.16. The van der Waals surface area contributed by atoms with Gasteiger partial charge in [-0.2, -0.15) is 0 Å². The molecule has 6 heteroatoms. The van der Waals surface area contributed by atoms with Crippen molar-refractivity contribution in [3.63, 3.8) is 0 Å². The van der Waals surface area contributed by atoms with Crippen LogP contribution in [-0.4, -0.2) is 25.7 Å². The van der Waals surface area contributed by atoms with Crippen LogP contribution < -0.4 is 15.4 Å². The van der Waals surface area contributed by atoms with Crippen molar-refractivity contribution in [1.82, 2.24) is 10.6 Å². The van der Waals surface area contributed by atoms with E-state index >= 15 is 0 Å². The molecule has 0 aliphatic carbocycles. The van der Waals surface area contributed by atoms with Crippen LogP contribution in [0.3, 0.4) is 0 Å². The van der Waals surface area contributed by atoms with E-state index in [9.17, 15) is 9.59 Å². The molecule has 1 aliphatic rings. The Morgan fingerprint density at radius 3 is 2.52 bits per heavy atom. The zero-order chi connectivity index (χ0) is 15.4. The number of ether oxygens (including phenoxy) is 2. The Kier molecular flexibility index (Phi) is 4.47. The maximum Gasteiger partial charge on any atom is 0.337 e. The first-order chi connectivity index (χ1) is 10.1. The molecule has 1 atom stereocenters. The van der Waals surface area contributed by atoms with E-state index < -0.39 is 12.0 Å². The molecular formula is C15H18N2O4. The van der Waals surface area contributed by atoms with Crippen molar-refractivity contribution in [2.45, 2.75) is 19.9 Å². The summed E-state index contributed by atoms with van der Waals surface area (Å²) in [5, 5.41) is 5.31. The molecule has 1 aromatic rings. The smallest absolute Gasteiger partial charge is 0.337 e. The zero-order valence-corrected chi connectivity index (χ0v) is 12.2. The molecule has 6 nitrogen and oxygen atoms in total. The molecule has 21 heavy (non-hydrogen) atoms. The van der Waals surface area contributed by atoms with Gasteiger partial charge in [-0.15, -0.1) is 0 Å². The lowest BCUT2D eigenvalue weighted by molar-refractivity contribution is -0.136. The molecule has 0 aromatic heterocycles. The lowest BCUT2D eigenvalue weighted by atomic mass is 9.95. The Morgan fingerprint density at radius 2 is 1.95 bits per heavy atom. The number of nitrogens with one attached hydrogen (secondary N) is 2. The third-order valence-corrected chi connectivity index (χ3v) is 3.20. The molecule has 1 aliphatic heterocycles. The summed E-state index contributed by atoms with van der Waals surface area (Å²) in [4.78, 5) is 23.6. The number of carbonyl (C=O) groups is 2.